The van der Waals surface area contributed by atoms with Gasteiger partial charge in [-0.05, 0) is 53.1 Å². The van der Waals surface area contributed by atoms with Crippen LogP contribution in [0.1, 0.15) is 72.9 Å². The molecule has 0 saturated carbocycles. The van der Waals surface area contributed by atoms with Crippen LogP contribution < -0.4 is 15.4 Å². The highest BCUT2D eigenvalue weighted by Crippen LogP contribution is 2.45. The van der Waals surface area contributed by atoms with Gasteiger partial charge in [0.1, 0.15) is 11.3 Å². The van der Waals surface area contributed by atoms with Gasteiger partial charge in [-0.2, -0.15) is 0 Å². The largest absolute Gasteiger partial charge is 0.496 e. The van der Waals surface area contributed by atoms with Crippen molar-refractivity contribution in [2.75, 3.05) is 19.1 Å². The van der Waals surface area contributed by atoms with E-state index in [-0.39, 0.29) is 23.7 Å². The number of methoxy groups -OCH3 is 2. The first-order chi connectivity index (χ1) is 15.9. The first kappa shape index (κ1) is 25.3. The molecule has 1 aliphatic rings. The Hall–Kier alpha value is -3.35. The van der Waals surface area contributed by atoms with Gasteiger partial charge in [0.05, 0.1) is 14.2 Å². The third-order valence-corrected chi connectivity index (χ3v) is 6.33. The van der Waals surface area contributed by atoms with Crippen molar-refractivity contribution in [2.24, 2.45) is 11.7 Å². The molecule has 0 fully saturated rings. The molecule has 182 valence electrons. The van der Waals surface area contributed by atoms with Crippen LogP contribution in [0.4, 0.5) is 5.69 Å². The normalized spacial score (nSPS) is 17.5. The number of nitrogens with two attached hydrogens (primary N) is 1. The van der Waals surface area contributed by atoms with Crippen molar-refractivity contribution in [1.29, 1.82) is 0 Å². The van der Waals surface area contributed by atoms with Gasteiger partial charge in [-0.1, -0.05) is 46.8 Å². The summed E-state index contributed by atoms with van der Waals surface area (Å²) < 4.78 is 10.8. The van der Waals surface area contributed by atoms with E-state index in [0.717, 1.165) is 5.56 Å². The number of esters is 1. The number of hydrogen-bond donors (Lipinski definition) is 1. The molecule has 0 spiro atoms. The highest BCUT2D eigenvalue weighted by Gasteiger charge is 2.54. The molecule has 0 radical (unpaired) electrons. The minimum atomic E-state index is -1.30. The van der Waals surface area contributed by atoms with Crippen LogP contribution in [0, 0.1) is 5.92 Å². The summed E-state index contributed by atoms with van der Waals surface area (Å²) in [5.74, 6) is -0.843. The molecule has 0 saturated heterocycles. The Balaban J connectivity index is 2.25. The van der Waals surface area contributed by atoms with Gasteiger partial charge in [0.2, 0.25) is 5.91 Å². The molecule has 7 heteroatoms. The summed E-state index contributed by atoms with van der Waals surface area (Å²) in [6.07, 6.45) is 0.505. The van der Waals surface area contributed by atoms with Crippen LogP contribution in [0.25, 0.3) is 0 Å². The van der Waals surface area contributed by atoms with Crippen molar-refractivity contribution < 1.29 is 23.9 Å². The minimum Gasteiger partial charge on any atom is -0.496 e. The first-order valence-corrected chi connectivity index (χ1v) is 11.4. The van der Waals surface area contributed by atoms with E-state index in [1.165, 1.54) is 12.0 Å². The third kappa shape index (κ3) is 4.27. The Bertz CT molecular complexity index is 1130. The van der Waals surface area contributed by atoms with E-state index in [0.29, 0.717) is 34.5 Å². The lowest BCUT2D eigenvalue weighted by molar-refractivity contribution is -0.147. The van der Waals surface area contributed by atoms with Crippen molar-refractivity contribution in [3.05, 3.63) is 58.7 Å². The quantitative estimate of drug-likeness (QED) is 0.642. The summed E-state index contributed by atoms with van der Waals surface area (Å²) in [6.45, 7) is 10.2. The molecule has 2 N–H and O–H groups in total. The minimum absolute atomic E-state index is 0.0681. The van der Waals surface area contributed by atoms with E-state index >= 15 is 0 Å². The fourth-order valence-electron chi connectivity index (χ4n) is 4.96. The number of nitrogens with zero attached hydrogens (tertiary/aromatic N) is 1. The lowest BCUT2D eigenvalue weighted by Crippen LogP contribution is -2.57. The van der Waals surface area contributed by atoms with Crippen LogP contribution in [-0.2, 0) is 21.4 Å². The molecule has 34 heavy (non-hydrogen) atoms. The Labute approximate surface area is 201 Å². The zero-order valence-corrected chi connectivity index (χ0v) is 21.0. The van der Waals surface area contributed by atoms with E-state index in [1.54, 1.807) is 37.4 Å². The number of rotatable bonds is 6. The molecule has 3 rings (SSSR count). The number of hydrogen-bond acceptors (Lipinski definition) is 5. The average molecular weight is 467 g/mol. The van der Waals surface area contributed by atoms with Crippen LogP contribution >= 0.6 is 0 Å². The lowest BCUT2D eigenvalue weighted by atomic mass is 9.83. The molecular formula is C27H34N2O5. The number of ether oxygens (including phenoxy) is 2. The molecule has 0 bridgehead atoms. The molecule has 2 amide bonds. The van der Waals surface area contributed by atoms with Gasteiger partial charge in [-0.3, -0.25) is 14.5 Å². The van der Waals surface area contributed by atoms with E-state index in [4.69, 9.17) is 15.2 Å². The molecular weight excluding hydrogens is 432 g/mol. The zero-order valence-electron chi connectivity index (χ0n) is 21.0. The standard InChI is InChI=1S/C27H34N2O5/c1-16(2)14-27(25(32)34-7)15-19-18(23(28)30)9-8-10-21(19)29(27)24(31)17-11-12-20(26(3,4)5)22(13-17)33-6/h8-13,16H,14-15H2,1-7H3,(H2,28,30). The van der Waals surface area contributed by atoms with E-state index in [2.05, 4.69) is 20.8 Å². The number of fused-ring (bicyclic) bond motifs is 1. The van der Waals surface area contributed by atoms with Crippen molar-refractivity contribution in [1.82, 2.24) is 0 Å². The van der Waals surface area contributed by atoms with Crippen molar-refractivity contribution in [3.8, 4) is 5.75 Å². The molecule has 1 aliphatic heterocycles. The zero-order chi connectivity index (χ0) is 25.4. The molecule has 1 heterocycles. The topological polar surface area (TPSA) is 98.9 Å². The lowest BCUT2D eigenvalue weighted by Gasteiger charge is -2.37. The molecule has 7 nitrogen and oxygen atoms in total. The van der Waals surface area contributed by atoms with Crippen LogP contribution in [0.2, 0.25) is 0 Å². The van der Waals surface area contributed by atoms with Crippen molar-refractivity contribution in [3.63, 3.8) is 0 Å². The van der Waals surface area contributed by atoms with Gasteiger partial charge in [0.15, 0.2) is 0 Å². The molecule has 1 unspecified atom stereocenters. The molecule has 2 aromatic rings. The number of anilines is 1. The van der Waals surface area contributed by atoms with Gasteiger partial charge >= 0.3 is 5.97 Å². The Morgan fingerprint density at radius 2 is 1.79 bits per heavy atom. The predicted molar refractivity (Wildman–Crippen MR) is 131 cm³/mol. The summed E-state index contributed by atoms with van der Waals surface area (Å²) in [7, 11) is 2.88. The maximum atomic E-state index is 14.1. The Kier molecular flexibility index (Phi) is 6.78. The van der Waals surface area contributed by atoms with E-state index < -0.39 is 17.4 Å². The third-order valence-electron chi connectivity index (χ3n) is 6.33. The van der Waals surface area contributed by atoms with E-state index in [1.807, 2.05) is 19.9 Å². The number of carbonyl (C=O) groups is 3. The van der Waals surface area contributed by atoms with E-state index in [9.17, 15) is 14.4 Å². The summed E-state index contributed by atoms with van der Waals surface area (Å²) >= 11 is 0. The second-order valence-electron chi connectivity index (χ2n) is 10.3. The summed E-state index contributed by atoms with van der Waals surface area (Å²) in [5, 5.41) is 0. The van der Waals surface area contributed by atoms with Gasteiger partial charge in [0.25, 0.3) is 5.91 Å². The summed E-state index contributed by atoms with van der Waals surface area (Å²) in [6, 6.07) is 10.4. The highest BCUT2D eigenvalue weighted by molar-refractivity contribution is 6.14. The maximum absolute atomic E-state index is 14.1. The van der Waals surface area contributed by atoms with Crippen LogP contribution in [0.5, 0.6) is 5.75 Å². The maximum Gasteiger partial charge on any atom is 0.332 e. The fraction of sp³-hybridized carbons (Fsp3) is 0.444. The summed E-state index contributed by atoms with van der Waals surface area (Å²) in [4.78, 5) is 41.1. The van der Waals surface area contributed by atoms with Crippen LogP contribution in [0.3, 0.4) is 0 Å². The molecule has 1 atom stereocenters. The fourth-order valence-corrected chi connectivity index (χ4v) is 4.96. The Morgan fingerprint density at radius 3 is 2.32 bits per heavy atom. The molecule has 0 aromatic heterocycles. The van der Waals surface area contributed by atoms with Gasteiger partial charge in [-0.25, -0.2) is 4.79 Å². The van der Waals surface area contributed by atoms with Gasteiger partial charge < -0.3 is 15.2 Å². The number of carbonyl (C=O) groups excluding carboxylic acids is 3. The number of primary amides is 1. The molecule has 0 aliphatic carbocycles. The smallest absolute Gasteiger partial charge is 0.332 e. The Morgan fingerprint density at radius 1 is 1.12 bits per heavy atom. The SMILES string of the molecule is COC(=O)C1(CC(C)C)Cc2c(C(N)=O)cccc2N1C(=O)c1ccc(C(C)(C)C)c(OC)c1. The van der Waals surface area contributed by atoms with Crippen LogP contribution in [-0.4, -0.2) is 37.5 Å². The van der Waals surface area contributed by atoms with Gasteiger partial charge in [-0.15, -0.1) is 0 Å². The second-order valence-corrected chi connectivity index (χ2v) is 10.3. The van der Waals surface area contributed by atoms with Gasteiger partial charge in [0, 0.05) is 23.2 Å². The molecule has 2 aromatic carbocycles. The van der Waals surface area contributed by atoms with Crippen LogP contribution in [0.15, 0.2) is 36.4 Å². The number of amides is 2. The highest BCUT2D eigenvalue weighted by atomic mass is 16.5. The summed E-state index contributed by atoms with van der Waals surface area (Å²) in [5.41, 5.74) is 6.86. The number of benzene rings is 2. The van der Waals surface area contributed by atoms with Crippen molar-refractivity contribution in [2.45, 2.75) is 58.4 Å². The second kappa shape index (κ2) is 9.12. The first-order valence-electron chi connectivity index (χ1n) is 11.4. The predicted octanol–water partition coefficient (Wildman–Crippen LogP) is 4.25. The van der Waals surface area contributed by atoms with Crippen molar-refractivity contribution >= 4 is 23.5 Å². The monoisotopic (exact) mass is 466 g/mol. The average Bonchev–Trinajstić information content (AvgIpc) is 3.10.